The molecule has 0 radical (unpaired) electrons. The van der Waals surface area contributed by atoms with Gasteiger partial charge in [-0.15, -0.1) is 0 Å². The van der Waals surface area contributed by atoms with E-state index in [0.717, 1.165) is 6.07 Å². The molecule has 0 spiro atoms. The molecule has 1 aromatic heterocycles. The number of hydrogen-bond acceptors (Lipinski definition) is 3. The molecule has 94 valence electrons. The molecule has 0 fully saturated rings. The Hall–Kier alpha value is -1.59. The lowest BCUT2D eigenvalue weighted by Gasteiger charge is -2.08. The average Bonchev–Trinajstić information content (AvgIpc) is 2.15. The minimum atomic E-state index is -2.92. The van der Waals surface area contributed by atoms with Crippen LogP contribution in [-0.2, 0) is 16.0 Å². The highest BCUT2D eigenvalue weighted by Crippen LogP contribution is 2.25. The van der Waals surface area contributed by atoms with Crippen molar-refractivity contribution in [1.29, 1.82) is 0 Å². The van der Waals surface area contributed by atoms with Gasteiger partial charge in [0.1, 0.15) is 5.82 Å². The van der Waals surface area contributed by atoms with Crippen LogP contribution in [0, 0.1) is 12.7 Å². The second-order valence-corrected chi connectivity index (χ2v) is 3.38. The predicted octanol–water partition coefficient (Wildman–Crippen LogP) is 2.57. The Bertz CT molecular complexity index is 398. The molecular formula is C11H12F3NO2. The fourth-order valence-electron chi connectivity index (χ4n) is 1.42. The van der Waals surface area contributed by atoms with Crippen LogP contribution in [0.2, 0.25) is 0 Å². The number of carbonyl (C=O) groups is 1. The lowest BCUT2D eigenvalue weighted by atomic mass is 10.1. The number of halogens is 3. The van der Waals surface area contributed by atoms with E-state index in [-0.39, 0.29) is 24.4 Å². The Labute approximate surface area is 96.6 Å². The second kappa shape index (κ2) is 5.65. The minimum Gasteiger partial charge on any atom is -0.466 e. The molecule has 0 atom stereocenters. The van der Waals surface area contributed by atoms with Crippen LogP contribution in [0.3, 0.4) is 0 Å². The summed E-state index contributed by atoms with van der Waals surface area (Å²) in [6.07, 6.45) is -3.14. The summed E-state index contributed by atoms with van der Waals surface area (Å²) in [7, 11) is 0. The van der Waals surface area contributed by atoms with E-state index in [4.69, 9.17) is 0 Å². The molecule has 0 saturated carbocycles. The van der Waals surface area contributed by atoms with Crippen LogP contribution in [0.5, 0.6) is 0 Å². The second-order valence-electron chi connectivity index (χ2n) is 3.38. The van der Waals surface area contributed by atoms with E-state index in [9.17, 15) is 18.0 Å². The Morgan fingerprint density at radius 3 is 2.65 bits per heavy atom. The van der Waals surface area contributed by atoms with Gasteiger partial charge in [0.25, 0.3) is 6.43 Å². The van der Waals surface area contributed by atoms with Gasteiger partial charge >= 0.3 is 5.97 Å². The molecule has 1 heterocycles. The molecule has 0 aliphatic carbocycles. The molecule has 0 aliphatic heterocycles. The van der Waals surface area contributed by atoms with Gasteiger partial charge in [-0.25, -0.2) is 13.2 Å². The van der Waals surface area contributed by atoms with E-state index in [1.54, 1.807) is 6.92 Å². The number of esters is 1. The summed E-state index contributed by atoms with van der Waals surface area (Å²) in [5.41, 5.74) is -0.750. The van der Waals surface area contributed by atoms with Crippen molar-refractivity contribution in [3.05, 3.63) is 28.8 Å². The van der Waals surface area contributed by atoms with Crippen molar-refractivity contribution in [2.75, 3.05) is 6.61 Å². The summed E-state index contributed by atoms with van der Waals surface area (Å²) in [4.78, 5) is 14.9. The molecule has 0 aromatic carbocycles. The van der Waals surface area contributed by atoms with E-state index in [1.807, 2.05) is 0 Å². The highest BCUT2D eigenvalue weighted by atomic mass is 19.3. The molecular weight excluding hydrogens is 235 g/mol. The zero-order valence-electron chi connectivity index (χ0n) is 9.47. The average molecular weight is 247 g/mol. The molecule has 17 heavy (non-hydrogen) atoms. The highest BCUT2D eigenvalue weighted by Gasteiger charge is 2.19. The van der Waals surface area contributed by atoms with Gasteiger partial charge < -0.3 is 4.74 Å². The van der Waals surface area contributed by atoms with Crippen LogP contribution in [-0.4, -0.2) is 17.6 Å². The lowest BCUT2D eigenvalue weighted by Crippen LogP contribution is -2.11. The van der Waals surface area contributed by atoms with Crippen molar-refractivity contribution in [3.8, 4) is 0 Å². The fraction of sp³-hybridized carbons (Fsp3) is 0.455. The first-order valence-corrected chi connectivity index (χ1v) is 5.05. The molecule has 1 rings (SSSR count). The molecule has 0 unspecified atom stereocenters. The summed E-state index contributed by atoms with van der Waals surface area (Å²) in [5.74, 6) is -1.62. The van der Waals surface area contributed by atoms with E-state index < -0.39 is 23.8 Å². The van der Waals surface area contributed by atoms with E-state index >= 15 is 0 Å². The zero-order valence-corrected chi connectivity index (χ0v) is 9.47. The third kappa shape index (κ3) is 3.44. The van der Waals surface area contributed by atoms with Crippen LogP contribution in [0.25, 0.3) is 0 Å². The third-order valence-electron chi connectivity index (χ3n) is 2.10. The molecule has 1 aromatic rings. The number of rotatable bonds is 4. The van der Waals surface area contributed by atoms with Gasteiger partial charge in [-0.2, -0.15) is 0 Å². The maximum absolute atomic E-state index is 13.3. The molecule has 0 amide bonds. The predicted molar refractivity (Wildman–Crippen MR) is 54.2 cm³/mol. The van der Waals surface area contributed by atoms with Crippen LogP contribution in [0.1, 0.15) is 30.3 Å². The van der Waals surface area contributed by atoms with Gasteiger partial charge in [0.2, 0.25) is 0 Å². The van der Waals surface area contributed by atoms with Crippen molar-refractivity contribution in [1.82, 2.24) is 4.98 Å². The molecule has 0 bridgehead atoms. The summed E-state index contributed by atoms with van der Waals surface area (Å²) in [6, 6.07) is 0.839. The molecule has 0 saturated heterocycles. The Morgan fingerprint density at radius 2 is 2.18 bits per heavy atom. The Kier molecular flexibility index (Phi) is 4.48. The quantitative estimate of drug-likeness (QED) is 0.767. The number of ether oxygens (including phenoxy) is 1. The monoisotopic (exact) mass is 247 g/mol. The maximum Gasteiger partial charge on any atom is 0.311 e. The topological polar surface area (TPSA) is 39.2 Å². The first-order valence-electron chi connectivity index (χ1n) is 5.05. The number of nitrogens with zero attached hydrogens (tertiary/aromatic N) is 1. The standard InChI is InChI=1S/C11H12F3NO2/c1-3-17-9(16)5-7-4-8(12)10(11(13)14)6(2)15-7/h4,11H,3,5H2,1-2H3. The van der Waals surface area contributed by atoms with Crippen LogP contribution < -0.4 is 0 Å². The van der Waals surface area contributed by atoms with E-state index in [1.165, 1.54) is 6.92 Å². The van der Waals surface area contributed by atoms with Gasteiger partial charge in [0, 0.05) is 5.69 Å². The Morgan fingerprint density at radius 1 is 1.53 bits per heavy atom. The van der Waals surface area contributed by atoms with Gasteiger partial charge in [-0.3, -0.25) is 9.78 Å². The summed E-state index contributed by atoms with van der Waals surface area (Å²) < 4.78 is 42.8. The number of carbonyl (C=O) groups excluding carboxylic acids is 1. The van der Waals surface area contributed by atoms with Gasteiger partial charge in [-0.1, -0.05) is 0 Å². The lowest BCUT2D eigenvalue weighted by molar-refractivity contribution is -0.142. The largest absolute Gasteiger partial charge is 0.466 e. The number of aromatic nitrogens is 1. The smallest absolute Gasteiger partial charge is 0.311 e. The third-order valence-corrected chi connectivity index (χ3v) is 2.10. The fourth-order valence-corrected chi connectivity index (χ4v) is 1.42. The zero-order chi connectivity index (χ0) is 13.0. The van der Waals surface area contributed by atoms with E-state index in [0.29, 0.717) is 0 Å². The first kappa shape index (κ1) is 13.5. The van der Waals surface area contributed by atoms with Crippen molar-refractivity contribution in [2.45, 2.75) is 26.7 Å². The van der Waals surface area contributed by atoms with Crippen LogP contribution in [0.4, 0.5) is 13.2 Å². The van der Waals surface area contributed by atoms with Gasteiger partial charge in [-0.05, 0) is 19.9 Å². The first-order chi connectivity index (χ1) is 7.95. The van der Waals surface area contributed by atoms with Crippen molar-refractivity contribution >= 4 is 5.97 Å². The van der Waals surface area contributed by atoms with Crippen molar-refractivity contribution < 1.29 is 22.7 Å². The SMILES string of the molecule is CCOC(=O)Cc1cc(F)c(C(F)F)c(C)n1. The summed E-state index contributed by atoms with van der Waals surface area (Å²) >= 11 is 0. The Balaban J connectivity index is 2.94. The molecule has 0 aliphatic rings. The summed E-state index contributed by atoms with van der Waals surface area (Å²) in [5, 5.41) is 0. The number of alkyl halides is 2. The highest BCUT2D eigenvalue weighted by molar-refractivity contribution is 5.72. The van der Waals surface area contributed by atoms with Gasteiger partial charge in [0.15, 0.2) is 0 Å². The molecule has 6 heteroatoms. The van der Waals surface area contributed by atoms with Crippen molar-refractivity contribution in [2.24, 2.45) is 0 Å². The van der Waals surface area contributed by atoms with Crippen molar-refractivity contribution in [3.63, 3.8) is 0 Å². The van der Waals surface area contributed by atoms with Crippen LogP contribution in [0.15, 0.2) is 6.07 Å². The minimum absolute atomic E-state index is 0.0860. The van der Waals surface area contributed by atoms with E-state index in [2.05, 4.69) is 9.72 Å². The molecule has 3 nitrogen and oxygen atoms in total. The normalized spacial score (nSPS) is 10.7. The summed E-state index contributed by atoms with van der Waals surface area (Å²) in [6.45, 7) is 3.12. The van der Waals surface area contributed by atoms with Crippen LogP contribution >= 0.6 is 0 Å². The molecule has 0 N–H and O–H groups in total. The van der Waals surface area contributed by atoms with Gasteiger partial charge in [0.05, 0.1) is 24.3 Å². The number of pyridine rings is 1. The number of aryl methyl sites for hydroxylation is 1. The maximum atomic E-state index is 13.3. The number of hydrogen-bond donors (Lipinski definition) is 0.